The number of para-hydroxylation sites is 1. The molecule has 0 amide bonds. The molecule has 1 atom stereocenters. The standard InChI is InChI=1S/C43H56N2O3/c44-43(30-33-46,42(48)40-26-16-14-25-39(40)34-36-20-10-8-11-21-36)29-18-6-4-2-1-3-5-7-19-31-45(35-37-22-12-9-13-23-37)32-28-38-24-15-17-27-41(38)47/h8-17,20-27,46-47H,1-7,18-19,28-35,44H2. The highest BCUT2D eigenvalue weighted by molar-refractivity contribution is 6.04. The number of hydrogen-bond donors (Lipinski definition) is 3. The van der Waals surface area contributed by atoms with Crippen molar-refractivity contribution in [1.29, 1.82) is 0 Å². The minimum Gasteiger partial charge on any atom is -0.508 e. The van der Waals surface area contributed by atoms with Gasteiger partial charge in [-0.1, -0.05) is 154 Å². The molecule has 0 bridgehead atoms. The Morgan fingerprint density at radius 1 is 0.604 bits per heavy atom. The maximum absolute atomic E-state index is 13.8. The topological polar surface area (TPSA) is 86.8 Å². The lowest BCUT2D eigenvalue weighted by Crippen LogP contribution is -2.49. The molecule has 0 aliphatic heterocycles. The predicted octanol–water partition coefficient (Wildman–Crippen LogP) is 8.89. The highest BCUT2D eigenvalue weighted by atomic mass is 16.3. The van der Waals surface area contributed by atoms with E-state index in [1.165, 1.54) is 44.1 Å². The summed E-state index contributed by atoms with van der Waals surface area (Å²) in [7, 11) is 0. The van der Waals surface area contributed by atoms with Crippen molar-refractivity contribution in [3.05, 3.63) is 137 Å². The number of nitrogens with two attached hydrogens (primary N) is 1. The number of aromatic hydroxyl groups is 1. The van der Waals surface area contributed by atoms with Crippen molar-refractivity contribution in [1.82, 2.24) is 4.90 Å². The lowest BCUT2D eigenvalue weighted by molar-refractivity contribution is 0.0841. The number of aliphatic hydroxyl groups is 1. The molecule has 4 rings (SSSR count). The zero-order valence-electron chi connectivity index (χ0n) is 28.7. The molecule has 0 aliphatic rings. The van der Waals surface area contributed by atoms with Crippen LogP contribution in [0.3, 0.4) is 0 Å². The molecule has 4 N–H and O–H groups in total. The van der Waals surface area contributed by atoms with Gasteiger partial charge < -0.3 is 15.9 Å². The number of Topliss-reactive ketones (excluding diaryl/α,β-unsaturated/α-hetero) is 1. The monoisotopic (exact) mass is 648 g/mol. The number of rotatable bonds is 23. The predicted molar refractivity (Wildman–Crippen MR) is 198 cm³/mol. The van der Waals surface area contributed by atoms with E-state index in [0.717, 1.165) is 62.0 Å². The van der Waals surface area contributed by atoms with Crippen LogP contribution in [-0.4, -0.2) is 46.1 Å². The number of carbonyl (C=O) groups is 1. The summed E-state index contributed by atoms with van der Waals surface area (Å²) in [5, 5.41) is 20.0. The van der Waals surface area contributed by atoms with Gasteiger partial charge in [-0.05, 0) is 67.0 Å². The van der Waals surface area contributed by atoms with Gasteiger partial charge in [0.1, 0.15) is 5.75 Å². The van der Waals surface area contributed by atoms with Crippen LogP contribution in [0.1, 0.15) is 103 Å². The minimum atomic E-state index is -1.04. The Morgan fingerprint density at radius 3 is 1.79 bits per heavy atom. The van der Waals surface area contributed by atoms with Crippen LogP contribution in [0.5, 0.6) is 5.75 Å². The van der Waals surface area contributed by atoms with Gasteiger partial charge in [0.15, 0.2) is 5.78 Å². The first-order valence-corrected chi connectivity index (χ1v) is 18.1. The highest BCUT2D eigenvalue weighted by Gasteiger charge is 2.34. The Kier molecular flexibility index (Phi) is 15.9. The molecule has 256 valence electrons. The van der Waals surface area contributed by atoms with Crippen molar-refractivity contribution >= 4 is 5.78 Å². The summed E-state index contributed by atoms with van der Waals surface area (Å²) >= 11 is 0. The van der Waals surface area contributed by atoms with Crippen LogP contribution in [0.2, 0.25) is 0 Å². The molecule has 1 unspecified atom stereocenters. The molecule has 0 heterocycles. The van der Waals surface area contributed by atoms with E-state index >= 15 is 0 Å². The number of ketones is 1. The zero-order valence-corrected chi connectivity index (χ0v) is 28.7. The van der Waals surface area contributed by atoms with Crippen LogP contribution in [0.15, 0.2) is 109 Å². The molecule has 0 saturated carbocycles. The summed E-state index contributed by atoms with van der Waals surface area (Å²) in [6.45, 7) is 2.83. The molecular weight excluding hydrogens is 592 g/mol. The maximum Gasteiger partial charge on any atom is 0.183 e. The SMILES string of the molecule is NC(CCO)(CCCCCCCCCCCN(CCc1ccccc1O)Cc1ccccc1)C(=O)c1ccccc1Cc1ccccc1. The summed E-state index contributed by atoms with van der Waals surface area (Å²) in [4.78, 5) is 16.3. The van der Waals surface area contributed by atoms with E-state index in [4.69, 9.17) is 5.73 Å². The second kappa shape index (κ2) is 20.6. The smallest absolute Gasteiger partial charge is 0.183 e. The Labute approximate surface area is 288 Å². The molecule has 0 radical (unpaired) electrons. The van der Waals surface area contributed by atoms with Gasteiger partial charge in [-0.15, -0.1) is 0 Å². The number of aliphatic hydroxyl groups excluding tert-OH is 1. The van der Waals surface area contributed by atoms with Gasteiger partial charge >= 0.3 is 0 Å². The average molecular weight is 649 g/mol. The lowest BCUT2D eigenvalue weighted by atomic mass is 9.80. The number of phenols is 1. The summed E-state index contributed by atoms with van der Waals surface area (Å²) in [5.74, 6) is 0.335. The first-order valence-electron chi connectivity index (χ1n) is 18.1. The fraction of sp³-hybridized carbons (Fsp3) is 0.419. The van der Waals surface area contributed by atoms with Crippen LogP contribution in [0.25, 0.3) is 0 Å². The van der Waals surface area contributed by atoms with E-state index in [2.05, 4.69) is 47.4 Å². The quantitative estimate of drug-likeness (QED) is 0.0553. The third kappa shape index (κ3) is 12.4. The number of carbonyl (C=O) groups excluding carboxylic acids is 1. The summed E-state index contributed by atoms with van der Waals surface area (Å²) in [6.07, 6.45) is 12.8. The number of hydrogen-bond acceptors (Lipinski definition) is 5. The molecule has 0 aliphatic carbocycles. The minimum absolute atomic E-state index is 0.0522. The molecule has 0 saturated heterocycles. The summed E-state index contributed by atoms with van der Waals surface area (Å²) in [6, 6.07) is 36.3. The molecule has 0 fully saturated rings. The van der Waals surface area contributed by atoms with Crippen molar-refractivity contribution in [2.24, 2.45) is 5.73 Å². The van der Waals surface area contributed by atoms with E-state index in [1.807, 2.05) is 60.7 Å². The van der Waals surface area contributed by atoms with Crippen molar-refractivity contribution in [3.63, 3.8) is 0 Å². The Hall–Kier alpha value is -3.77. The van der Waals surface area contributed by atoms with Crippen molar-refractivity contribution in [3.8, 4) is 5.75 Å². The van der Waals surface area contributed by atoms with E-state index in [-0.39, 0.29) is 18.8 Å². The average Bonchev–Trinajstić information content (AvgIpc) is 3.11. The Balaban J connectivity index is 1.13. The van der Waals surface area contributed by atoms with Crippen LogP contribution in [0, 0.1) is 0 Å². The molecule has 48 heavy (non-hydrogen) atoms. The van der Waals surface area contributed by atoms with Gasteiger partial charge in [0.05, 0.1) is 5.54 Å². The number of benzene rings is 4. The van der Waals surface area contributed by atoms with Gasteiger partial charge in [-0.3, -0.25) is 9.69 Å². The molecule has 5 nitrogen and oxygen atoms in total. The fourth-order valence-electron chi connectivity index (χ4n) is 6.66. The van der Waals surface area contributed by atoms with Crippen molar-refractivity contribution in [2.45, 2.75) is 95.6 Å². The van der Waals surface area contributed by atoms with Crippen molar-refractivity contribution < 1.29 is 15.0 Å². The largest absolute Gasteiger partial charge is 0.508 e. The van der Waals surface area contributed by atoms with E-state index in [9.17, 15) is 15.0 Å². The maximum atomic E-state index is 13.8. The third-order valence-corrected chi connectivity index (χ3v) is 9.54. The highest BCUT2D eigenvalue weighted by Crippen LogP contribution is 2.26. The van der Waals surface area contributed by atoms with E-state index in [1.54, 1.807) is 6.07 Å². The summed E-state index contributed by atoms with van der Waals surface area (Å²) in [5.41, 5.74) is 10.9. The van der Waals surface area contributed by atoms with E-state index < -0.39 is 5.54 Å². The van der Waals surface area contributed by atoms with Crippen LogP contribution >= 0.6 is 0 Å². The molecule has 4 aromatic rings. The third-order valence-electron chi connectivity index (χ3n) is 9.54. The van der Waals surface area contributed by atoms with Crippen LogP contribution in [0.4, 0.5) is 0 Å². The van der Waals surface area contributed by atoms with Gasteiger partial charge in [0, 0.05) is 25.3 Å². The first kappa shape index (κ1) is 37.1. The molecule has 0 spiro atoms. The molecular formula is C43H56N2O3. The van der Waals surface area contributed by atoms with Gasteiger partial charge in [-0.2, -0.15) is 0 Å². The number of unbranched alkanes of at least 4 members (excludes halogenated alkanes) is 8. The number of phenolic OH excluding ortho intramolecular Hbond substituents is 1. The van der Waals surface area contributed by atoms with Crippen LogP contribution < -0.4 is 5.73 Å². The molecule has 0 aromatic heterocycles. The number of nitrogens with zero attached hydrogens (tertiary/aromatic N) is 1. The van der Waals surface area contributed by atoms with E-state index in [0.29, 0.717) is 24.2 Å². The van der Waals surface area contributed by atoms with Gasteiger partial charge in [0.25, 0.3) is 0 Å². The van der Waals surface area contributed by atoms with Gasteiger partial charge in [0.2, 0.25) is 0 Å². The Morgan fingerprint density at radius 2 is 1.15 bits per heavy atom. The molecule has 4 aromatic carbocycles. The zero-order chi connectivity index (χ0) is 33.9. The van der Waals surface area contributed by atoms with Crippen LogP contribution in [-0.2, 0) is 19.4 Å². The molecule has 5 heteroatoms. The van der Waals surface area contributed by atoms with Crippen molar-refractivity contribution in [2.75, 3.05) is 19.7 Å². The second-order valence-corrected chi connectivity index (χ2v) is 13.4. The fourth-order valence-corrected chi connectivity index (χ4v) is 6.66. The normalized spacial score (nSPS) is 12.6. The second-order valence-electron chi connectivity index (χ2n) is 13.4. The summed E-state index contributed by atoms with van der Waals surface area (Å²) < 4.78 is 0. The Bertz CT molecular complexity index is 1480. The van der Waals surface area contributed by atoms with Gasteiger partial charge in [-0.25, -0.2) is 0 Å². The first-order chi connectivity index (χ1) is 23.5. The lowest BCUT2D eigenvalue weighted by Gasteiger charge is -2.28.